The van der Waals surface area contributed by atoms with Gasteiger partial charge in [-0.05, 0) is 37.1 Å². The van der Waals surface area contributed by atoms with Crippen LogP contribution in [0.5, 0.6) is 0 Å². The highest BCUT2D eigenvalue weighted by atomic mass is 35.5. The molecule has 25 heavy (non-hydrogen) atoms. The maximum Gasteiger partial charge on any atom is 0.322 e. The molecule has 7 nitrogen and oxygen atoms in total. The van der Waals surface area contributed by atoms with Gasteiger partial charge in [-0.15, -0.1) is 0 Å². The van der Waals surface area contributed by atoms with Crippen molar-refractivity contribution in [1.82, 2.24) is 15.5 Å². The van der Waals surface area contributed by atoms with Gasteiger partial charge in [0, 0.05) is 36.5 Å². The van der Waals surface area contributed by atoms with E-state index in [1.165, 1.54) is 0 Å². The van der Waals surface area contributed by atoms with E-state index in [9.17, 15) is 19.2 Å². The first-order chi connectivity index (χ1) is 11.9. The monoisotopic (exact) mass is 363 g/mol. The number of carbonyl (C=O) groups excluding carboxylic acids is 4. The number of rotatable bonds is 4. The molecule has 2 heterocycles. The number of hydrogen-bond donors (Lipinski definition) is 2. The highest BCUT2D eigenvalue weighted by Crippen LogP contribution is 2.26. The molecule has 0 radical (unpaired) electrons. The fourth-order valence-corrected chi connectivity index (χ4v) is 3.30. The lowest BCUT2D eigenvalue weighted by molar-refractivity contribution is -0.135. The van der Waals surface area contributed by atoms with Crippen molar-refractivity contribution in [1.29, 1.82) is 0 Å². The molecule has 3 rings (SSSR count). The Morgan fingerprint density at radius 3 is 2.28 bits per heavy atom. The molecule has 1 aromatic rings. The maximum absolute atomic E-state index is 12.3. The summed E-state index contributed by atoms with van der Waals surface area (Å²) in [5, 5.41) is 5.44. The van der Waals surface area contributed by atoms with E-state index in [1.54, 1.807) is 29.2 Å². The van der Waals surface area contributed by atoms with Crippen LogP contribution in [0.25, 0.3) is 0 Å². The highest BCUT2D eigenvalue weighted by molar-refractivity contribution is 6.30. The number of likely N-dealkylation sites (tertiary alicyclic amines) is 1. The molecule has 132 valence electrons. The summed E-state index contributed by atoms with van der Waals surface area (Å²) in [5.74, 6) is -0.564. The molecule has 8 heteroatoms. The summed E-state index contributed by atoms with van der Waals surface area (Å²) in [5.41, 5.74) is -0.368. The lowest BCUT2D eigenvalue weighted by Crippen LogP contribution is -2.55. The molecule has 0 aliphatic carbocycles. The van der Waals surface area contributed by atoms with Crippen LogP contribution in [0.4, 0.5) is 4.79 Å². The first-order valence-electron chi connectivity index (χ1n) is 8.10. The van der Waals surface area contributed by atoms with Gasteiger partial charge in [0.25, 0.3) is 5.91 Å². The summed E-state index contributed by atoms with van der Waals surface area (Å²) in [4.78, 5) is 49.2. The summed E-state index contributed by atoms with van der Waals surface area (Å²) < 4.78 is 0. The number of urea groups is 1. The van der Waals surface area contributed by atoms with Crippen LogP contribution in [-0.2, 0) is 9.59 Å². The molecule has 1 spiro atoms. The van der Waals surface area contributed by atoms with Crippen LogP contribution >= 0.6 is 11.6 Å². The number of nitrogens with one attached hydrogen (secondary N) is 2. The van der Waals surface area contributed by atoms with Gasteiger partial charge < -0.3 is 10.2 Å². The molecule has 2 N–H and O–H groups in total. The first-order valence-corrected chi connectivity index (χ1v) is 8.48. The summed E-state index contributed by atoms with van der Waals surface area (Å²) in [6.45, 7) is 0.753. The van der Waals surface area contributed by atoms with Gasteiger partial charge in [0.05, 0.1) is 0 Å². The van der Waals surface area contributed by atoms with E-state index in [2.05, 4.69) is 10.6 Å². The van der Waals surface area contributed by atoms with Crippen LogP contribution in [0.1, 0.15) is 36.0 Å². The van der Waals surface area contributed by atoms with E-state index in [-0.39, 0.29) is 30.4 Å². The summed E-state index contributed by atoms with van der Waals surface area (Å²) >= 11 is 5.79. The summed E-state index contributed by atoms with van der Waals surface area (Å²) in [7, 11) is 0. The Kier molecular flexibility index (Phi) is 4.76. The van der Waals surface area contributed by atoms with Crippen molar-refractivity contribution in [2.75, 3.05) is 13.1 Å². The molecule has 4 amide bonds. The second-order valence-electron chi connectivity index (χ2n) is 6.30. The fourth-order valence-electron chi connectivity index (χ4n) is 3.18. The molecule has 0 saturated carbocycles. The number of carbonyl (C=O) groups is 4. The molecule has 0 aromatic heterocycles. The first kappa shape index (κ1) is 17.4. The maximum atomic E-state index is 12.3. The molecule has 2 fully saturated rings. The van der Waals surface area contributed by atoms with Crippen LogP contribution in [0.3, 0.4) is 0 Å². The van der Waals surface area contributed by atoms with Crippen LogP contribution < -0.4 is 10.6 Å². The van der Waals surface area contributed by atoms with Crippen molar-refractivity contribution < 1.29 is 19.2 Å². The number of Topliss-reactive ketones (excluding diaryl/α,β-unsaturated/α-hetero) is 1. The number of benzene rings is 1. The Bertz CT molecular complexity index is 724. The third kappa shape index (κ3) is 3.66. The summed E-state index contributed by atoms with van der Waals surface area (Å²) in [6, 6.07) is 6.07. The van der Waals surface area contributed by atoms with Gasteiger partial charge in [-0.25, -0.2) is 4.79 Å². The van der Waals surface area contributed by atoms with Crippen molar-refractivity contribution in [2.45, 2.75) is 31.2 Å². The quantitative estimate of drug-likeness (QED) is 0.626. The number of amides is 4. The normalized spacial score (nSPS) is 18.8. The average Bonchev–Trinajstić information content (AvgIpc) is 2.87. The zero-order valence-corrected chi connectivity index (χ0v) is 14.3. The van der Waals surface area contributed by atoms with Crippen molar-refractivity contribution in [3.63, 3.8) is 0 Å². The number of halogens is 1. The largest absolute Gasteiger partial charge is 0.342 e. The van der Waals surface area contributed by atoms with E-state index in [0.29, 0.717) is 36.5 Å². The SMILES string of the molecule is O=C1NC(=O)C2(CCN(C(=O)CCC(=O)c3ccc(Cl)cc3)CC2)N1. The highest BCUT2D eigenvalue weighted by Gasteiger charge is 2.48. The van der Waals surface area contributed by atoms with E-state index in [4.69, 9.17) is 11.6 Å². The van der Waals surface area contributed by atoms with Gasteiger partial charge in [0.2, 0.25) is 5.91 Å². The van der Waals surface area contributed by atoms with Crippen molar-refractivity contribution in [3.05, 3.63) is 34.9 Å². The van der Waals surface area contributed by atoms with Crippen LogP contribution in [-0.4, -0.2) is 47.2 Å². The molecular formula is C17H18ClN3O4. The van der Waals surface area contributed by atoms with E-state index < -0.39 is 11.6 Å². The molecule has 1 aromatic carbocycles. The number of nitrogens with zero attached hydrogens (tertiary/aromatic N) is 1. The Labute approximate surface area is 149 Å². The predicted octanol–water partition coefficient (Wildman–Crippen LogP) is 1.50. The van der Waals surface area contributed by atoms with E-state index >= 15 is 0 Å². The molecule has 2 aliphatic heterocycles. The Balaban J connectivity index is 1.50. The van der Waals surface area contributed by atoms with Gasteiger partial charge in [-0.1, -0.05) is 11.6 Å². The lowest BCUT2D eigenvalue weighted by atomic mass is 9.87. The molecule has 0 bridgehead atoms. The second kappa shape index (κ2) is 6.84. The number of piperidine rings is 1. The molecule has 0 atom stereocenters. The van der Waals surface area contributed by atoms with Crippen molar-refractivity contribution in [3.8, 4) is 0 Å². The minimum absolute atomic E-state index is 0.110. The second-order valence-corrected chi connectivity index (χ2v) is 6.74. The molecular weight excluding hydrogens is 346 g/mol. The minimum Gasteiger partial charge on any atom is -0.342 e. The number of ketones is 1. The van der Waals surface area contributed by atoms with Gasteiger partial charge in [-0.2, -0.15) is 0 Å². The molecule has 0 unspecified atom stereocenters. The summed E-state index contributed by atoms with van der Waals surface area (Å²) in [6.07, 6.45) is 0.995. The third-order valence-corrected chi connectivity index (χ3v) is 4.97. The standard InChI is InChI=1S/C17H18ClN3O4/c18-12-3-1-11(2-4-12)13(22)5-6-14(23)21-9-7-17(8-10-21)15(24)19-16(25)20-17/h1-4H,5-10H2,(H2,19,20,24,25). The minimum atomic E-state index is -0.896. The van der Waals surface area contributed by atoms with Crippen LogP contribution in [0.2, 0.25) is 5.02 Å². The smallest absolute Gasteiger partial charge is 0.322 e. The Hall–Kier alpha value is -2.41. The number of hydrogen-bond acceptors (Lipinski definition) is 4. The third-order valence-electron chi connectivity index (χ3n) is 4.72. The van der Waals surface area contributed by atoms with Crippen LogP contribution in [0, 0.1) is 0 Å². The zero-order chi connectivity index (χ0) is 18.0. The van der Waals surface area contributed by atoms with E-state index in [0.717, 1.165) is 0 Å². The topological polar surface area (TPSA) is 95.6 Å². The molecule has 2 saturated heterocycles. The molecule has 2 aliphatic rings. The van der Waals surface area contributed by atoms with Crippen LogP contribution in [0.15, 0.2) is 24.3 Å². The van der Waals surface area contributed by atoms with Gasteiger partial charge in [0.15, 0.2) is 5.78 Å². The Morgan fingerprint density at radius 2 is 1.72 bits per heavy atom. The van der Waals surface area contributed by atoms with Gasteiger partial charge >= 0.3 is 6.03 Å². The van der Waals surface area contributed by atoms with E-state index in [1.807, 2.05) is 0 Å². The predicted molar refractivity (Wildman–Crippen MR) is 90.2 cm³/mol. The number of imide groups is 1. The van der Waals surface area contributed by atoms with Gasteiger partial charge in [-0.3, -0.25) is 19.7 Å². The zero-order valence-electron chi connectivity index (χ0n) is 13.5. The Morgan fingerprint density at radius 1 is 1.08 bits per heavy atom. The van der Waals surface area contributed by atoms with Gasteiger partial charge in [0.1, 0.15) is 5.54 Å². The van der Waals surface area contributed by atoms with Crippen molar-refractivity contribution in [2.24, 2.45) is 0 Å². The lowest BCUT2D eigenvalue weighted by Gasteiger charge is -2.37. The van der Waals surface area contributed by atoms with Crippen molar-refractivity contribution >= 4 is 35.2 Å². The fraction of sp³-hybridized carbons (Fsp3) is 0.412. The average molecular weight is 364 g/mol.